The van der Waals surface area contributed by atoms with Gasteiger partial charge in [-0.3, -0.25) is 0 Å². The van der Waals surface area contributed by atoms with Crippen LogP contribution in [0.2, 0.25) is 0 Å². The summed E-state index contributed by atoms with van der Waals surface area (Å²) in [6.45, 7) is 10.7. The van der Waals surface area contributed by atoms with Gasteiger partial charge in [0.2, 0.25) is 0 Å². The van der Waals surface area contributed by atoms with E-state index in [1.165, 1.54) is 25.7 Å². The minimum absolute atomic E-state index is 0.556. The summed E-state index contributed by atoms with van der Waals surface area (Å²) in [6.07, 6.45) is 5.10. The third-order valence-electron chi connectivity index (χ3n) is 3.57. The number of ether oxygens (including phenoxy) is 1. The molecule has 1 fully saturated rings. The van der Waals surface area contributed by atoms with Crippen LogP contribution in [0, 0.1) is 5.92 Å². The maximum atomic E-state index is 5.58. The Bertz CT molecular complexity index is 187. The van der Waals surface area contributed by atoms with Crippen LogP contribution in [0.3, 0.4) is 0 Å². The quantitative estimate of drug-likeness (QED) is 0.650. The Morgan fingerprint density at radius 3 is 2.76 bits per heavy atom. The molecule has 1 aliphatic rings. The van der Waals surface area contributed by atoms with E-state index in [0.29, 0.717) is 18.0 Å². The van der Waals surface area contributed by atoms with Gasteiger partial charge in [0.1, 0.15) is 0 Å². The fraction of sp³-hybridized carbons (Fsp3) is 1.00. The lowest BCUT2D eigenvalue weighted by atomic mass is 10.0. The molecular weight excluding hydrogens is 212 g/mol. The molecule has 1 heterocycles. The standard InChI is InChI=1S/C14H30N2O/c1-4-6-7-12(3)16-9-13-10-17-11-14(13)15-8-5-2/h12-16H,4-11H2,1-3H3. The Morgan fingerprint density at radius 2 is 2.06 bits per heavy atom. The van der Waals surface area contributed by atoms with Crippen LogP contribution in [-0.2, 0) is 4.74 Å². The van der Waals surface area contributed by atoms with Gasteiger partial charge in [-0.25, -0.2) is 0 Å². The lowest BCUT2D eigenvalue weighted by Crippen LogP contribution is -2.42. The topological polar surface area (TPSA) is 33.3 Å². The highest BCUT2D eigenvalue weighted by atomic mass is 16.5. The molecule has 0 aliphatic carbocycles. The molecule has 0 spiro atoms. The number of hydrogen-bond acceptors (Lipinski definition) is 3. The zero-order chi connectivity index (χ0) is 12.5. The minimum atomic E-state index is 0.556. The second-order valence-electron chi connectivity index (χ2n) is 5.31. The summed E-state index contributed by atoms with van der Waals surface area (Å²) in [5.74, 6) is 0.644. The SMILES string of the molecule is CCCCC(C)NCC1COCC1NCCC. The second-order valence-corrected chi connectivity index (χ2v) is 5.31. The molecule has 0 aromatic carbocycles. The molecule has 3 heteroatoms. The van der Waals surface area contributed by atoms with E-state index in [0.717, 1.165) is 26.3 Å². The number of nitrogens with one attached hydrogen (secondary N) is 2. The van der Waals surface area contributed by atoms with Crippen molar-refractivity contribution in [1.82, 2.24) is 10.6 Å². The molecule has 102 valence electrons. The molecule has 3 nitrogen and oxygen atoms in total. The van der Waals surface area contributed by atoms with Crippen molar-refractivity contribution in [2.45, 2.75) is 58.5 Å². The summed E-state index contributed by atoms with van der Waals surface area (Å²) < 4.78 is 5.58. The van der Waals surface area contributed by atoms with Gasteiger partial charge in [0.05, 0.1) is 13.2 Å². The summed E-state index contributed by atoms with van der Waals surface area (Å²) in [7, 11) is 0. The van der Waals surface area contributed by atoms with E-state index >= 15 is 0 Å². The van der Waals surface area contributed by atoms with Gasteiger partial charge >= 0.3 is 0 Å². The van der Waals surface area contributed by atoms with E-state index in [-0.39, 0.29) is 0 Å². The molecule has 17 heavy (non-hydrogen) atoms. The van der Waals surface area contributed by atoms with Crippen molar-refractivity contribution in [3.8, 4) is 0 Å². The first kappa shape index (κ1) is 14.9. The van der Waals surface area contributed by atoms with E-state index in [9.17, 15) is 0 Å². The highest BCUT2D eigenvalue weighted by molar-refractivity contribution is 4.83. The normalized spacial score (nSPS) is 26.3. The first-order valence-electron chi connectivity index (χ1n) is 7.32. The van der Waals surface area contributed by atoms with Gasteiger partial charge in [0.25, 0.3) is 0 Å². The Kier molecular flexibility index (Phi) is 7.82. The van der Waals surface area contributed by atoms with Crippen LogP contribution in [0.4, 0.5) is 0 Å². The van der Waals surface area contributed by atoms with E-state index in [1.54, 1.807) is 0 Å². The van der Waals surface area contributed by atoms with Gasteiger partial charge in [-0.05, 0) is 26.3 Å². The third-order valence-corrected chi connectivity index (χ3v) is 3.57. The molecule has 0 radical (unpaired) electrons. The van der Waals surface area contributed by atoms with Crippen LogP contribution >= 0.6 is 0 Å². The summed E-state index contributed by atoms with van der Waals surface area (Å²) >= 11 is 0. The van der Waals surface area contributed by atoms with Gasteiger partial charge in [0, 0.05) is 24.5 Å². The zero-order valence-electron chi connectivity index (χ0n) is 11.8. The van der Waals surface area contributed by atoms with Crippen molar-refractivity contribution >= 4 is 0 Å². The Morgan fingerprint density at radius 1 is 1.24 bits per heavy atom. The van der Waals surface area contributed by atoms with Gasteiger partial charge < -0.3 is 15.4 Å². The highest BCUT2D eigenvalue weighted by Crippen LogP contribution is 2.13. The van der Waals surface area contributed by atoms with Crippen LogP contribution in [-0.4, -0.2) is 38.4 Å². The Hall–Kier alpha value is -0.120. The summed E-state index contributed by atoms with van der Waals surface area (Å²) in [5.41, 5.74) is 0. The lowest BCUT2D eigenvalue weighted by molar-refractivity contribution is 0.181. The van der Waals surface area contributed by atoms with Crippen molar-refractivity contribution in [2.75, 3.05) is 26.3 Å². The Labute approximate surface area is 107 Å². The van der Waals surface area contributed by atoms with Crippen molar-refractivity contribution in [3.63, 3.8) is 0 Å². The van der Waals surface area contributed by atoms with Crippen LogP contribution in [0.1, 0.15) is 46.5 Å². The van der Waals surface area contributed by atoms with E-state index in [1.807, 2.05) is 0 Å². The fourth-order valence-electron chi connectivity index (χ4n) is 2.32. The second kappa shape index (κ2) is 8.90. The molecule has 0 saturated carbocycles. The van der Waals surface area contributed by atoms with Crippen molar-refractivity contribution in [1.29, 1.82) is 0 Å². The van der Waals surface area contributed by atoms with E-state index < -0.39 is 0 Å². The molecule has 0 aromatic rings. The predicted octanol–water partition coefficient (Wildman–Crippen LogP) is 2.17. The highest BCUT2D eigenvalue weighted by Gasteiger charge is 2.27. The maximum Gasteiger partial charge on any atom is 0.0623 e. The van der Waals surface area contributed by atoms with Gasteiger partial charge in [-0.15, -0.1) is 0 Å². The number of rotatable bonds is 9. The van der Waals surface area contributed by atoms with Gasteiger partial charge in [0.15, 0.2) is 0 Å². The number of hydrogen-bond donors (Lipinski definition) is 2. The average molecular weight is 242 g/mol. The molecule has 3 atom stereocenters. The minimum Gasteiger partial charge on any atom is -0.379 e. The third kappa shape index (κ3) is 5.84. The van der Waals surface area contributed by atoms with E-state index in [4.69, 9.17) is 4.74 Å². The smallest absolute Gasteiger partial charge is 0.0623 e. The zero-order valence-corrected chi connectivity index (χ0v) is 11.8. The summed E-state index contributed by atoms with van der Waals surface area (Å²) in [4.78, 5) is 0. The molecule has 0 aromatic heterocycles. The average Bonchev–Trinajstić information content (AvgIpc) is 2.78. The molecule has 3 unspecified atom stereocenters. The molecular formula is C14H30N2O. The molecule has 1 rings (SSSR count). The summed E-state index contributed by atoms with van der Waals surface area (Å²) in [6, 6.07) is 1.20. The molecule has 2 N–H and O–H groups in total. The first-order valence-corrected chi connectivity index (χ1v) is 7.32. The molecule has 1 aliphatic heterocycles. The van der Waals surface area contributed by atoms with Crippen molar-refractivity contribution in [3.05, 3.63) is 0 Å². The van der Waals surface area contributed by atoms with Gasteiger partial charge in [-0.2, -0.15) is 0 Å². The predicted molar refractivity (Wildman–Crippen MR) is 73.4 cm³/mol. The maximum absolute atomic E-state index is 5.58. The van der Waals surface area contributed by atoms with Crippen LogP contribution in [0.5, 0.6) is 0 Å². The fourth-order valence-corrected chi connectivity index (χ4v) is 2.32. The van der Waals surface area contributed by atoms with Crippen LogP contribution in [0.15, 0.2) is 0 Å². The molecule has 0 amide bonds. The molecule has 1 saturated heterocycles. The lowest BCUT2D eigenvalue weighted by Gasteiger charge is -2.21. The Balaban J connectivity index is 2.16. The first-order chi connectivity index (χ1) is 8.27. The monoisotopic (exact) mass is 242 g/mol. The van der Waals surface area contributed by atoms with E-state index in [2.05, 4.69) is 31.4 Å². The molecule has 0 bridgehead atoms. The van der Waals surface area contributed by atoms with Crippen molar-refractivity contribution < 1.29 is 4.74 Å². The van der Waals surface area contributed by atoms with Crippen LogP contribution < -0.4 is 10.6 Å². The van der Waals surface area contributed by atoms with Crippen LogP contribution in [0.25, 0.3) is 0 Å². The summed E-state index contributed by atoms with van der Waals surface area (Å²) in [5, 5.41) is 7.23. The largest absolute Gasteiger partial charge is 0.379 e. The number of unbranched alkanes of at least 4 members (excludes halogenated alkanes) is 1. The van der Waals surface area contributed by atoms with Gasteiger partial charge in [-0.1, -0.05) is 26.7 Å². The van der Waals surface area contributed by atoms with Crippen molar-refractivity contribution in [2.24, 2.45) is 5.92 Å².